The molecule has 2 heterocycles. The van der Waals surface area contributed by atoms with Crippen LogP contribution in [0, 0.1) is 5.92 Å². The van der Waals surface area contributed by atoms with Crippen molar-refractivity contribution in [1.29, 1.82) is 0 Å². The van der Waals surface area contributed by atoms with Crippen molar-refractivity contribution in [3.63, 3.8) is 0 Å². The fraction of sp³-hybridized carbons (Fsp3) is 0.375. The molecule has 0 aliphatic heterocycles. The minimum absolute atomic E-state index is 0.634. The van der Waals surface area contributed by atoms with E-state index in [1.165, 1.54) is 22.4 Å². The Morgan fingerprint density at radius 1 is 1.21 bits per heavy atom. The maximum absolute atomic E-state index is 6.18. The van der Waals surface area contributed by atoms with Crippen molar-refractivity contribution >= 4 is 11.6 Å². The Morgan fingerprint density at radius 2 is 2.05 bits per heavy atom. The van der Waals surface area contributed by atoms with Gasteiger partial charge in [-0.1, -0.05) is 25.4 Å². The summed E-state index contributed by atoms with van der Waals surface area (Å²) in [4.78, 5) is 8.76. The molecular weight excluding hydrogens is 256 g/mol. The van der Waals surface area contributed by atoms with Crippen LogP contribution in [-0.2, 0) is 19.3 Å². The lowest BCUT2D eigenvalue weighted by molar-refractivity contribution is 0.634. The quantitative estimate of drug-likeness (QED) is 0.770. The number of nitrogens with zero attached hydrogens (tertiary/aromatic N) is 2. The third kappa shape index (κ3) is 2.37. The number of pyridine rings is 2. The van der Waals surface area contributed by atoms with Crippen LogP contribution in [-0.4, -0.2) is 9.97 Å². The van der Waals surface area contributed by atoms with Gasteiger partial charge in [-0.05, 0) is 54.0 Å². The van der Waals surface area contributed by atoms with Crippen LogP contribution in [0.1, 0.15) is 30.7 Å². The van der Waals surface area contributed by atoms with E-state index in [2.05, 4.69) is 29.9 Å². The first-order valence-corrected chi connectivity index (χ1v) is 7.14. The van der Waals surface area contributed by atoms with E-state index in [0.717, 1.165) is 24.8 Å². The molecule has 0 N–H and O–H groups in total. The first kappa shape index (κ1) is 12.6. The van der Waals surface area contributed by atoms with Crippen LogP contribution in [0.5, 0.6) is 0 Å². The van der Waals surface area contributed by atoms with Gasteiger partial charge in [-0.3, -0.25) is 4.98 Å². The maximum atomic E-state index is 6.18. The van der Waals surface area contributed by atoms with Crippen LogP contribution in [0.15, 0.2) is 24.5 Å². The average molecular weight is 273 g/mol. The molecule has 2 aromatic rings. The van der Waals surface area contributed by atoms with Crippen molar-refractivity contribution in [2.24, 2.45) is 5.92 Å². The largest absolute Gasteiger partial charge is 0.261 e. The Labute approximate surface area is 118 Å². The molecule has 0 saturated carbocycles. The molecule has 3 rings (SSSR count). The second-order valence-corrected chi connectivity index (χ2v) is 5.92. The van der Waals surface area contributed by atoms with Crippen molar-refractivity contribution in [2.45, 2.75) is 33.1 Å². The smallest absolute Gasteiger partial charge is 0.132 e. The zero-order chi connectivity index (χ0) is 13.4. The first-order valence-electron chi connectivity index (χ1n) is 6.76. The molecule has 0 bridgehead atoms. The molecule has 2 nitrogen and oxygen atoms in total. The third-order valence-corrected chi connectivity index (χ3v) is 3.93. The Hall–Kier alpha value is -1.41. The highest BCUT2D eigenvalue weighted by atomic mass is 35.5. The summed E-state index contributed by atoms with van der Waals surface area (Å²) in [5.74, 6) is 0.639. The molecule has 0 unspecified atom stereocenters. The van der Waals surface area contributed by atoms with E-state index in [9.17, 15) is 0 Å². The van der Waals surface area contributed by atoms with E-state index >= 15 is 0 Å². The van der Waals surface area contributed by atoms with Crippen molar-refractivity contribution in [3.05, 3.63) is 46.5 Å². The van der Waals surface area contributed by atoms with Gasteiger partial charge in [0.25, 0.3) is 0 Å². The normalized spacial score (nSPS) is 13.3. The van der Waals surface area contributed by atoms with E-state index in [1.54, 1.807) is 6.20 Å². The Balaban J connectivity index is 2.06. The van der Waals surface area contributed by atoms with Crippen molar-refractivity contribution < 1.29 is 0 Å². The van der Waals surface area contributed by atoms with Crippen LogP contribution in [0.2, 0.25) is 5.15 Å². The van der Waals surface area contributed by atoms with Crippen LogP contribution in [0.3, 0.4) is 0 Å². The lowest BCUT2D eigenvalue weighted by atomic mass is 9.87. The second-order valence-electron chi connectivity index (χ2n) is 5.56. The van der Waals surface area contributed by atoms with Gasteiger partial charge >= 0.3 is 0 Å². The molecule has 0 aromatic carbocycles. The molecule has 1 aliphatic rings. The lowest BCUT2D eigenvalue weighted by Crippen LogP contribution is -2.08. The summed E-state index contributed by atoms with van der Waals surface area (Å²) < 4.78 is 0. The van der Waals surface area contributed by atoms with Gasteiger partial charge in [0.2, 0.25) is 0 Å². The Morgan fingerprint density at radius 3 is 2.84 bits per heavy atom. The van der Waals surface area contributed by atoms with E-state index in [1.807, 2.05) is 12.3 Å². The molecule has 0 radical (unpaired) electrons. The molecule has 0 amide bonds. The van der Waals surface area contributed by atoms with Crippen LogP contribution in [0.25, 0.3) is 11.1 Å². The van der Waals surface area contributed by atoms with E-state index < -0.39 is 0 Å². The summed E-state index contributed by atoms with van der Waals surface area (Å²) in [6.07, 6.45) is 6.82. The number of aromatic nitrogens is 2. The zero-order valence-corrected chi connectivity index (χ0v) is 12.0. The number of hydrogen-bond donors (Lipinski definition) is 0. The maximum Gasteiger partial charge on any atom is 0.132 e. The Kier molecular flexibility index (Phi) is 3.28. The number of halogens is 1. The number of rotatable bonds is 2. The minimum atomic E-state index is 0.634. The summed E-state index contributed by atoms with van der Waals surface area (Å²) in [7, 11) is 0. The molecule has 0 atom stereocenters. The number of hydrogen-bond acceptors (Lipinski definition) is 2. The van der Waals surface area contributed by atoms with E-state index in [0.29, 0.717) is 11.1 Å². The fourth-order valence-corrected chi connectivity index (χ4v) is 3.00. The molecule has 0 spiro atoms. The predicted octanol–water partition coefficient (Wildman–Crippen LogP) is 4.09. The summed E-state index contributed by atoms with van der Waals surface area (Å²) in [6, 6.07) is 4.30. The van der Waals surface area contributed by atoms with Crippen molar-refractivity contribution in [1.82, 2.24) is 9.97 Å². The van der Waals surface area contributed by atoms with E-state index in [-0.39, 0.29) is 0 Å². The molecule has 98 valence electrons. The van der Waals surface area contributed by atoms with Crippen molar-refractivity contribution in [2.75, 3.05) is 0 Å². The van der Waals surface area contributed by atoms with Crippen molar-refractivity contribution in [3.8, 4) is 11.1 Å². The number of fused-ring (bicyclic) bond motifs is 3. The summed E-state index contributed by atoms with van der Waals surface area (Å²) >= 11 is 6.18. The van der Waals surface area contributed by atoms with Gasteiger partial charge in [-0.2, -0.15) is 0 Å². The fourth-order valence-electron chi connectivity index (χ4n) is 2.74. The standard InChI is InChI=1S/C16H17ClN2/c1-10(2)7-12-8-11-3-4-14-13(15(11)9-19-12)5-6-18-16(14)17/h5-6,8-10H,3-4,7H2,1-2H3. The van der Waals surface area contributed by atoms with Gasteiger partial charge in [0.15, 0.2) is 0 Å². The van der Waals surface area contributed by atoms with Gasteiger partial charge in [0, 0.05) is 23.7 Å². The minimum Gasteiger partial charge on any atom is -0.261 e. The third-order valence-electron chi connectivity index (χ3n) is 3.60. The van der Waals surface area contributed by atoms with Gasteiger partial charge in [0.05, 0.1) is 0 Å². The predicted molar refractivity (Wildman–Crippen MR) is 78.4 cm³/mol. The van der Waals surface area contributed by atoms with Gasteiger partial charge in [-0.25, -0.2) is 4.98 Å². The lowest BCUT2D eigenvalue weighted by Gasteiger charge is -2.20. The molecule has 0 fully saturated rings. The highest BCUT2D eigenvalue weighted by Gasteiger charge is 2.19. The highest BCUT2D eigenvalue weighted by molar-refractivity contribution is 6.30. The van der Waals surface area contributed by atoms with Gasteiger partial charge in [0.1, 0.15) is 5.15 Å². The molecule has 19 heavy (non-hydrogen) atoms. The summed E-state index contributed by atoms with van der Waals surface area (Å²) in [5.41, 5.74) is 6.16. The topological polar surface area (TPSA) is 25.8 Å². The van der Waals surface area contributed by atoms with Gasteiger partial charge in [-0.15, -0.1) is 0 Å². The second kappa shape index (κ2) is 4.93. The van der Waals surface area contributed by atoms with Gasteiger partial charge < -0.3 is 0 Å². The van der Waals surface area contributed by atoms with Crippen LogP contribution < -0.4 is 0 Å². The molecular formula is C16H17ClN2. The van der Waals surface area contributed by atoms with Crippen LogP contribution in [0.4, 0.5) is 0 Å². The zero-order valence-electron chi connectivity index (χ0n) is 11.3. The first-order chi connectivity index (χ1) is 9.15. The van der Waals surface area contributed by atoms with E-state index in [4.69, 9.17) is 11.6 Å². The molecule has 0 saturated heterocycles. The molecule has 3 heteroatoms. The Bertz CT molecular complexity index is 620. The van der Waals surface area contributed by atoms with Crippen LogP contribution >= 0.6 is 11.6 Å². The summed E-state index contributed by atoms with van der Waals surface area (Å²) in [6.45, 7) is 4.45. The summed E-state index contributed by atoms with van der Waals surface area (Å²) in [5, 5.41) is 0.634. The SMILES string of the molecule is CC(C)Cc1cc2c(cn1)-c1ccnc(Cl)c1CC2. The number of aryl methyl sites for hydroxylation is 1. The molecule has 2 aromatic heterocycles. The monoisotopic (exact) mass is 272 g/mol. The average Bonchev–Trinajstić information content (AvgIpc) is 2.38. The highest BCUT2D eigenvalue weighted by Crippen LogP contribution is 2.35. The molecule has 1 aliphatic carbocycles.